The van der Waals surface area contributed by atoms with E-state index in [0.29, 0.717) is 29.9 Å². The quantitative estimate of drug-likeness (QED) is 0.818. The molecule has 0 saturated carbocycles. The molecule has 6 nitrogen and oxygen atoms in total. The summed E-state index contributed by atoms with van der Waals surface area (Å²) in [4.78, 5) is 24.7. The summed E-state index contributed by atoms with van der Waals surface area (Å²) in [5, 5.41) is 12.6. The number of nitrogens with one attached hydrogen (secondary N) is 1. The summed E-state index contributed by atoms with van der Waals surface area (Å²) in [7, 11) is 0. The van der Waals surface area contributed by atoms with E-state index >= 15 is 0 Å². The molecule has 2 heterocycles. The van der Waals surface area contributed by atoms with Crippen molar-refractivity contribution in [1.82, 2.24) is 10.2 Å². The maximum Gasteiger partial charge on any atom is 0.332 e. The number of thioether (sulfide) groups is 1. The van der Waals surface area contributed by atoms with Gasteiger partial charge in [0.25, 0.3) is 0 Å². The lowest BCUT2D eigenvalue weighted by Crippen LogP contribution is -2.49. The molecule has 0 aromatic carbocycles. The molecule has 0 radical (unpaired) electrons. The van der Waals surface area contributed by atoms with Crippen LogP contribution in [0.5, 0.6) is 0 Å². The van der Waals surface area contributed by atoms with Gasteiger partial charge in [-0.3, -0.25) is 0 Å². The minimum absolute atomic E-state index is 0.0774. The Balaban J connectivity index is 1.74. The molecule has 0 aromatic rings. The van der Waals surface area contributed by atoms with Gasteiger partial charge in [0.1, 0.15) is 0 Å². The number of hydrogen-bond donors (Lipinski definition) is 2. The number of carbonyl (C=O) groups excluding carboxylic acids is 1. The Hall–Kier alpha value is -0.950. The first kappa shape index (κ1) is 15.4. The highest BCUT2D eigenvalue weighted by atomic mass is 32.2. The van der Waals surface area contributed by atoms with E-state index in [-0.39, 0.29) is 12.1 Å². The van der Waals surface area contributed by atoms with E-state index in [2.05, 4.69) is 19.2 Å². The predicted molar refractivity (Wildman–Crippen MR) is 77.0 cm³/mol. The molecule has 2 rings (SSSR count). The molecule has 7 heteroatoms. The van der Waals surface area contributed by atoms with Gasteiger partial charge in [-0.2, -0.15) is 11.8 Å². The third-order valence-electron chi connectivity index (χ3n) is 3.57. The Morgan fingerprint density at radius 1 is 1.30 bits per heavy atom. The number of nitrogens with zero attached hydrogens (tertiary/aromatic N) is 1. The maximum atomic E-state index is 12.1. The molecule has 2 saturated heterocycles. The average Bonchev–Trinajstić information content (AvgIpc) is 2.83. The van der Waals surface area contributed by atoms with E-state index in [0.717, 1.165) is 13.1 Å². The highest BCUT2D eigenvalue weighted by Crippen LogP contribution is 2.24. The van der Waals surface area contributed by atoms with Gasteiger partial charge in [-0.25, -0.2) is 9.59 Å². The summed E-state index contributed by atoms with van der Waals surface area (Å²) in [6, 6.07) is -0.0774. The van der Waals surface area contributed by atoms with Gasteiger partial charge in [0, 0.05) is 30.1 Å². The van der Waals surface area contributed by atoms with Crippen molar-refractivity contribution in [2.24, 2.45) is 0 Å². The molecule has 0 aromatic heterocycles. The molecular weight excluding hydrogens is 280 g/mol. The third-order valence-corrected chi connectivity index (χ3v) is 4.80. The van der Waals surface area contributed by atoms with Gasteiger partial charge in [-0.15, -0.1) is 0 Å². The second-order valence-corrected chi connectivity index (χ2v) is 7.39. The zero-order chi connectivity index (χ0) is 14.7. The number of rotatable bonds is 3. The van der Waals surface area contributed by atoms with Gasteiger partial charge in [0.2, 0.25) is 0 Å². The van der Waals surface area contributed by atoms with Crippen LogP contribution in [0.15, 0.2) is 0 Å². The standard InChI is InChI=1S/C13H22N2O4S/c1-8-6-15(7-9(2)20-8)13(18)14-5-10-3-4-11(19-10)12(16)17/h8-11H,3-7H2,1-2H3,(H,14,18)(H,16,17). The summed E-state index contributed by atoms with van der Waals surface area (Å²) in [5.41, 5.74) is 0. The lowest BCUT2D eigenvalue weighted by molar-refractivity contribution is -0.149. The van der Waals surface area contributed by atoms with Crippen molar-refractivity contribution in [2.45, 2.75) is 49.4 Å². The highest BCUT2D eigenvalue weighted by Gasteiger charge is 2.31. The largest absolute Gasteiger partial charge is 0.479 e. The third kappa shape index (κ3) is 4.02. The first-order valence-electron chi connectivity index (χ1n) is 7.02. The second-order valence-electron chi connectivity index (χ2n) is 5.51. The summed E-state index contributed by atoms with van der Waals surface area (Å²) in [5.74, 6) is -0.922. The van der Waals surface area contributed by atoms with Gasteiger partial charge in [-0.05, 0) is 12.8 Å². The van der Waals surface area contributed by atoms with Crippen LogP contribution in [0.3, 0.4) is 0 Å². The minimum Gasteiger partial charge on any atom is -0.479 e. The van der Waals surface area contributed by atoms with E-state index in [1.165, 1.54) is 0 Å². The topological polar surface area (TPSA) is 78.9 Å². The molecule has 2 aliphatic rings. The van der Waals surface area contributed by atoms with Crippen LogP contribution >= 0.6 is 11.8 Å². The molecule has 2 amide bonds. The molecule has 2 aliphatic heterocycles. The molecule has 2 fully saturated rings. The Morgan fingerprint density at radius 2 is 1.95 bits per heavy atom. The Morgan fingerprint density at radius 3 is 2.50 bits per heavy atom. The van der Waals surface area contributed by atoms with Crippen molar-refractivity contribution in [3.8, 4) is 0 Å². The number of carboxylic acids is 1. The number of carbonyl (C=O) groups is 2. The first-order valence-corrected chi connectivity index (χ1v) is 7.96. The Labute approximate surface area is 123 Å². The van der Waals surface area contributed by atoms with Crippen LogP contribution < -0.4 is 5.32 Å². The molecule has 0 aliphatic carbocycles. The van der Waals surface area contributed by atoms with E-state index in [1.54, 1.807) is 0 Å². The van der Waals surface area contributed by atoms with Gasteiger partial charge in [0.05, 0.1) is 6.10 Å². The number of hydrogen-bond acceptors (Lipinski definition) is 4. The maximum absolute atomic E-state index is 12.1. The van der Waals surface area contributed by atoms with E-state index in [1.807, 2.05) is 16.7 Å². The lowest BCUT2D eigenvalue weighted by Gasteiger charge is -2.34. The van der Waals surface area contributed by atoms with Gasteiger partial charge in [0.15, 0.2) is 6.10 Å². The summed E-state index contributed by atoms with van der Waals surface area (Å²) >= 11 is 1.90. The van der Waals surface area contributed by atoms with Gasteiger partial charge in [-0.1, -0.05) is 13.8 Å². The summed E-state index contributed by atoms with van der Waals surface area (Å²) in [6.07, 6.45) is 0.293. The van der Waals surface area contributed by atoms with Crippen LogP contribution in [0, 0.1) is 0 Å². The molecule has 0 spiro atoms. The summed E-state index contributed by atoms with van der Waals surface area (Å²) < 4.78 is 5.37. The number of aliphatic carboxylic acids is 1. The molecule has 0 bridgehead atoms. The van der Waals surface area contributed by atoms with Crippen LogP contribution in [0.2, 0.25) is 0 Å². The number of urea groups is 1. The van der Waals surface area contributed by atoms with Crippen molar-refractivity contribution in [2.75, 3.05) is 19.6 Å². The van der Waals surface area contributed by atoms with Crippen LogP contribution in [-0.4, -0.2) is 64.3 Å². The second kappa shape index (κ2) is 6.67. The van der Waals surface area contributed by atoms with Crippen LogP contribution in [-0.2, 0) is 9.53 Å². The predicted octanol–water partition coefficient (Wildman–Crippen LogP) is 1.15. The molecule has 114 valence electrons. The minimum atomic E-state index is -0.922. The van der Waals surface area contributed by atoms with Crippen molar-refractivity contribution in [1.29, 1.82) is 0 Å². The fourth-order valence-corrected chi connectivity index (χ4v) is 4.02. The van der Waals surface area contributed by atoms with Gasteiger partial charge < -0.3 is 20.1 Å². The van der Waals surface area contributed by atoms with Crippen molar-refractivity contribution < 1.29 is 19.4 Å². The van der Waals surface area contributed by atoms with E-state index in [9.17, 15) is 9.59 Å². The number of ether oxygens (including phenoxy) is 1. The van der Waals surface area contributed by atoms with E-state index < -0.39 is 12.1 Å². The molecule has 4 unspecified atom stereocenters. The Bertz CT molecular complexity index is 369. The average molecular weight is 302 g/mol. The monoisotopic (exact) mass is 302 g/mol. The fourth-order valence-electron chi connectivity index (χ4n) is 2.69. The molecule has 20 heavy (non-hydrogen) atoms. The smallest absolute Gasteiger partial charge is 0.332 e. The van der Waals surface area contributed by atoms with Crippen LogP contribution in [0.4, 0.5) is 4.79 Å². The molecular formula is C13H22N2O4S. The van der Waals surface area contributed by atoms with Crippen LogP contribution in [0.1, 0.15) is 26.7 Å². The number of carboxylic acid groups (broad SMARTS) is 1. The SMILES string of the molecule is CC1CN(C(=O)NCC2CCC(C(=O)O)O2)CC(C)S1. The van der Waals surface area contributed by atoms with E-state index in [4.69, 9.17) is 9.84 Å². The van der Waals surface area contributed by atoms with Crippen molar-refractivity contribution in [3.63, 3.8) is 0 Å². The zero-order valence-corrected chi connectivity index (χ0v) is 12.7. The highest BCUT2D eigenvalue weighted by molar-refractivity contribution is 8.00. The summed E-state index contributed by atoms with van der Waals surface area (Å²) in [6.45, 7) is 6.14. The first-order chi connectivity index (χ1) is 9.45. The normalized spacial score (nSPS) is 34.0. The molecule has 4 atom stereocenters. The zero-order valence-electron chi connectivity index (χ0n) is 11.9. The lowest BCUT2D eigenvalue weighted by atomic mass is 10.2. The van der Waals surface area contributed by atoms with Crippen LogP contribution in [0.25, 0.3) is 0 Å². The fraction of sp³-hybridized carbons (Fsp3) is 0.846. The van der Waals surface area contributed by atoms with Crippen molar-refractivity contribution in [3.05, 3.63) is 0 Å². The van der Waals surface area contributed by atoms with Gasteiger partial charge >= 0.3 is 12.0 Å². The Kier molecular flexibility index (Phi) is 5.15. The molecule has 2 N–H and O–H groups in total. The van der Waals surface area contributed by atoms with Crippen molar-refractivity contribution >= 4 is 23.8 Å². The number of amides is 2.